The molecule has 0 saturated carbocycles. The predicted octanol–water partition coefficient (Wildman–Crippen LogP) is 6.65. The average molecular weight is 372 g/mol. The number of hydrogen-bond donors (Lipinski definition) is 0. The van der Waals surface area contributed by atoms with E-state index in [1.807, 2.05) is 18.1 Å². The maximum Gasteiger partial charge on any atom is 0.244 e. The Hall–Kier alpha value is -1.78. The lowest BCUT2D eigenvalue weighted by molar-refractivity contribution is -0.243. The van der Waals surface area contributed by atoms with Gasteiger partial charge in [-0.1, -0.05) is 42.5 Å². The van der Waals surface area contributed by atoms with Gasteiger partial charge >= 0.3 is 0 Å². The van der Waals surface area contributed by atoms with Crippen molar-refractivity contribution in [1.82, 2.24) is 5.06 Å². The van der Waals surface area contributed by atoms with Gasteiger partial charge in [0.25, 0.3) is 0 Å². The lowest BCUT2D eigenvalue weighted by atomic mass is 9.99. The lowest BCUT2D eigenvalue weighted by Gasteiger charge is -2.39. The van der Waals surface area contributed by atoms with E-state index in [1.165, 1.54) is 16.3 Å². The average Bonchev–Trinajstić information content (AvgIpc) is 2.55. The van der Waals surface area contributed by atoms with Gasteiger partial charge in [0.2, 0.25) is 8.32 Å². The second-order valence-electron chi connectivity index (χ2n) is 8.62. The Morgan fingerprint density at radius 2 is 1.65 bits per heavy atom. The quantitative estimate of drug-likeness (QED) is 0.322. The molecular weight excluding hydrogens is 338 g/mol. The van der Waals surface area contributed by atoms with Crippen molar-refractivity contribution in [2.75, 3.05) is 0 Å². The highest BCUT2D eigenvalue weighted by atomic mass is 28.4. The highest BCUT2D eigenvalue weighted by Crippen LogP contribution is 2.33. The first-order valence-corrected chi connectivity index (χ1v) is 12.7. The van der Waals surface area contributed by atoms with Gasteiger partial charge in [-0.25, -0.2) is 5.06 Å². The molecule has 1 atom stereocenters. The molecule has 3 nitrogen and oxygen atoms in total. The summed E-state index contributed by atoms with van der Waals surface area (Å²) in [5.74, 6) is 0.791. The van der Waals surface area contributed by atoms with Crippen molar-refractivity contribution in [2.45, 2.75) is 65.9 Å². The van der Waals surface area contributed by atoms with Gasteiger partial charge in [0.05, 0.1) is 11.6 Å². The molecule has 0 radical (unpaired) electrons. The van der Waals surface area contributed by atoms with E-state index in [0.29, 0.717) is 0 Å². The zero-order chi connectivity index (χ0) is 19.5. The van der Waals surface area contributed by atoms with Crippen LogP contribution in [0.3, 0.4) is 0 Å². The minimum atomic E-state index is -1.77. The third-order valence-corrected chi connectivity index (χ3v) is 4.69. The van der Waals surface area contributed by atoms with E-state index < -0.39 is 8.32 Å². The van der Waals surface area contributed by atoms with Crippen molar-refractivity contribution >= 4 is 19.1 Å². The molecule has 0 bridgehead atoms. The van der Waals surface area contributed by atoms with Crippen molar-refractivity contribution in [3.05, 3.63) is 60.0 Å². The molecule has 2 aromatic rings. The van der Waals surface area contributed by atoms with Crippen molar-refractivity contribution < 1.29 is 9.26 Å². The number of fused-ring (bicyclic) bond motifs is 1. The molecule has 2 aromatic carbocycles. The molecule has 2 rings (SSSR count). The minimum absolute atomic E-state index is 0.0166. The van der Waals surface area contributed by atoms with Crippen LogP contribution < -0.4 is 0 Å². The monoisotopic (exact) mass is 371 g/mol. The Morgan fingerprint density at radius 1 is 1.04 bits per heavy atom. The van der Waals surface area contributed by atoms with Gasteiger partial charge in [0, 0.05) is 0 Å². The van der Waals surface area contributed by atoms with Gasteiger partial charge in [-0.15, -0.1) is 0 Å². The van der Waals surface area contributed by atoms with Crippen LogP contribution in [0.1, 0.15) is 46.2 Å². The molecule has 0 amide bonds. The van der Waals surface area contributed by atoms with Crippen LogP contribution in [0.4, 0.5) is 0 Å². The molecule has 1 unspecified atom stereocenters. The summed E-state index contributed by atoms with van der Waals surface area (Å²) >= 11 is 0. The second-order valence-corrected chi connectivity index (χ2v) is 13.0. The summed E-state index contributed by atoms with van der Waals surface area (Å²) < 4.78 is 6.35. The summed E-state index contributed by atoms with van der Waals surface area (Å²) in [5.41, 5.74) is 0.904. The van der Waals surface area contributed by atoms with E-state index in [0.717, 1.165) is 5.88 Å². The summed E-state index contributed by atoms with van der Waals surface area (Å²) in [4.78, 5) is 6.36. The van der Waals surface area contributed by atoms with Crippen LogP contribution in [-0.4, -0.2) is 19.0 Å². The number of hydroxylamine groups is 2. The Labute approximate surface area is 159 Å². The van der Waals surface area contributed by atoms with Crippen molar-refractivity contribution in [3.8, 4) is 0 Å². The van der Waals surface area contributed by atoms with Gasteiger partial charge in [0.15, 0.2) is 5.88 Å². The van der Waals surface area contributed by atoms with Crippen molar-refractivity contribution in [1.29, 1.82) is 0 Å². The predicted molar refractivity (Wildman–Crippen MR) is 113 cm³/mol. The smallest absolute Gasteiger partial charge is 0.244 e. The van der Waals surface area contributed by atoms with E-state index >= 15 is 0 Å². The van der Waals surface area contributed by atoms with Crippen LogP contribution >= 0.6 is 0 Å². The largest absolute Gasteiger partial charge is 0.532 e. The molecule has 0 aromatic heterocycles. The summed E-state index contributed by atoms with van der Waals surface area (Å²) in [7, 11) is -1.77. The Balaban J connectivity index is 2.50. The molecule has 0 saturated heterocycles. The highest BCUT2D eigenvalue weighted by Gasteiger charge is 2.29. The molecule has 0 fully saturated rings. The number of nitrogens with zero attached hydrogens (tertiary/aromatic N) is 1. The summed E-state index contributed by atoms with van der Waals surface area (Å²) in [6, 6.07) is 14.9. The Kier molecular flexibility index (Phi) is 6.19. The molecule has 0 aliphatic heterocycles. The van der Waals surface area contributed by atoms with Gasteiger partial charge in [-0.3, -0.25) is 4.84 Å². The van der Waals surface area contributed by atoms with E-state index in [1.54, 1.807) is 0 Å². The van der Waals surface area contributed by atoms with E-state index in [2.05, 4.69) is 89.8 Å². The van der Waals surface area contributed by atoms with Gasteiger partial charge < -0.3 is 4.43 Å². The molecule has 0 heterocycles. The molecule has 0 spiro atoms. The first kappa shape index (κ1) is 20.5. The van der Waals surface area contributed by atoms with Crippen molar-refractivity contribution in [3.63, 3.8) is 0 Å². The summed E-state index contributed by atoms with van der Waals surface area (Å²) in [6.07, 6.45) is 2.01. The zero-order valence-corrected chi connectivity index (χ0v) is 18.5. The molecule has 0 aliphatic rings. The SMILES string of the molecule is C/C=C(\O[Si](C)(C)C)N(OC(C)(C)C)C(C)c1cccc2ccccc12. The number of allylic oxidation sites excluding steroid dienone is 1. The summed E-state index contributed by atoms with van der Waals surface area (Å²) in [5, 5.41) is 4.43. The van der Waals surface area contributed by atoms with E-state index in [-0.39, 0.29) is 11.6 Å². The normalized spacial score (nSPS) is 14.4. The van der Waals surface area contributed by atoms with E-state index in [9.17, 15) is 0 Å². The van der Waals surface area contributed by atoms with Crippen LogP contribution in [0.5, 0.6) is 0 Å². The fourth-order valence-electron chi connectivity index (χ4n) is 2.90. The topological polar surface area (TPSA) is 21.7 Å². The third kappa shape index (κ3) is 5.35. The fraction of sp³-hybridized carbons (Fsp3) is 0.455. The molecule has 26 heavy (non-hydrogen) atoms. The van der Waals surface area contributed by atoms with E-state index in [4.69, 9.17) is 9.26 Å². The van der Waals surface area contributed by atoms with Gasteiger partial charge in [-0.2, -0.15) is 0 Å². The third-order valence-electron chi connectivity index (χ3n) is 3.87. The van der Waals surface area contributed by atoms with Crippen molar-refractivity contribution in [2.24, 2.45) is 0 Å². The fourth-order valence-corrected chi connectivity index (χ4v) is 3.73. The van der Waals surface area contributed by atoms with Gasteiger partial charge in [-0.05, 0) is 76.7 Å². The number of benzene rings is 2. The number of hydrogen-bond acceptors (Lipinski definition) is 3. The Bertz CT molecular complexity index is 766. The molecular formula is C22H33NO2Si. The zero-order valence-electron chi connectivity index (χ0n) is 17.5. The summed E-state index contributed by atoms with van der Waals surface area (Å²) in [6.45, 7) is 16.9. The molecule has 0 N–H and O–H groups in total. The number of rotatable bonds is 6. The maximum absolute atomic E-state index is 6.36. The van der Waals surface area contributed by atoms with Crippen LogP contribution in [0.15, 0.2) is 54.4 Å². The molecule has 4 heteroatoms. The van der Waals surface area contributed by atoms with Gasteiger partial charge in [0.1, 0.15) is 0 Å². The minimum Gasteiger partial charge on any atom is -0.532 e. The lowest BCUT2D eigenvalue weighted by Crippen LogP contribution is -2.39. The standard InChI is InChI=1S/C22H33NO2Si/c1-9-21(24-26(6,7)8)23(25-22(3,4)5)17(2)19-16-12-14-18-13-10-11-15-20(18)19/h9-17H,1-8H3/b21-9-. The van der Waals surface area contributed by atoms with Crippen LogP contribution in [0.25, 0.3) is 10.8 Å². The molecule has 0 aliphatic carbocycles. The maximum atomic E-state index is 6.36. The second kappa shape index (κ2) is 7.85. The van der Waals surface area contributed by atoms with Crippen LogP contribution in [0, 0.1) is 0 Å². The van der Waals surface area contributed by atoms with Crippen LogP contribution in [-0.2, 0) is 9.26 Å². The highest BCUT2D eigenvalue weighted by molar-refractivity contribution is 6.70. The molecule has 142 valence electrons. The first-order chi connectivity index (χ1) is 12.0. The first-order valence-electron chi connectivity index (χ1n) is 9.33. The van der Waals surface area contributed by atoms with Crippen LogP contribution in [0.2, 0.25) is 19.6 Å². The Morgan fingerprint density at radius 3 is 2.23 bits per heavy atom.